The van der Waals surface area contributed by atoms with Crippen molar-refractivity contribution in [3.05, 3.63) is 23.7 Å². The van der Waals surface area contributed by atoms with Crippen LogP contribution in [0.5, 0.6) is 0 Å². The number of furan rings is 1. The molecular formula is C13H19NO3. The smallest absolute Gasteiger partial charge is 0.371 e. The van der Waals surface area contributed by atoms with E-state index < -0.39 is 5.97 Å². The van der Waals surface area contributed by atoms with Gasteiger partial charge in [0.15, 0.2) is 0 Å². The lowest BCUT2D eigenvalue weighted by Crippen LogP contribution is -2.20. The van der Waals surface area contributed by atoms with E-state index >= 15 is 0 Å². The minimum Gasteiger partial charge on any atom is -0.475 e. The fourth-order valence-corrected chi connectivity index (χ4v) is 2.50. The van der Waals surface area contributed by atoms with Crippen molar-refractivity contribution >= 4 is 5.97 Å². The second-order valence-electron chi connectivity index (χ2n) is 4.99. The highest BCUT2D eigenvalue weighted by molar-refractivity contribution is 5.84. The number of hydrogen-bond donors (Lipinski definition) is 2. The highest BCUT2D eigenvalue weighted by Gasteiger charge is 2.20. The van der Waals surface area contributed by atoms with Crippen molar-refractivity contribution in [1.29, 1.82) is 0 Å². The Morgan fingerprint density at radius 1 is 1.53 bits per heavy atom. The number of nitrogens with one attached hydrogen (secondary N) is 1. The molecule has 17 heavy (non-hydrogen) atoms. The predicted octanol–water partition coefficient (Wildman–Crippen LogP) is 2.50. The van der Waals surface area contributed by atoms with Gasteiger partial charge in [-0.05, 0) is 43.4 Å². The van der Waals surface area contributed by atoms with E-state index in [0.29, 0.717) is 12.3 Å². The van der Waals surface area contributed by atoms with Crippen LogP contribution in [0, 0.1) is 11.8 Å². The molecule has 0 bridgehead atoms. The third kappa shape index (κ3) is 3.33. The van der Waals surface area contributed by atoms with Gasteiger partial charge in [0.1, 0.15) is 5.76 Å². The summed E-state index contributed by atoms with van der Waals surface area (Å²) in [6.07, 6.45) is 3.93. The van der Waals surface area contributed by atoms with Gasteiger partial charge in [0, 0.05) is 0 Å². The molecule has 1 fully saturated rings. The Labute approximate surface area is 101 Å². The lowest BCUT2D eigenvalue weighted by Gasteiger charge is -2.09. The average Bonchev–Trinajstić information content (AvgIpc) is 2.88. The van der Waals surface area contributed by atoms with E-state index in [1.165, 1.54) is 25.3 Å². The normalized spacial score (nSPS) is 24.1. The number of hydrogen-bond acceptors (Lipinski definition) is 3. The van der Waals surface area contributed by atoms with Crippen LogP contribution < -0.4 is 5.32 Å². The van der Waals surface area contributed by atoms with Gasteiger partial charge in [0.2, 0.25) is 5.76 Å². The lowest BCUT2D eigenvalue weighted by molar-refractivity contribution is 0.0660. The number of carbonyl (C=O) groups is 1. The topological polar surface area (TPSA) is 62.5 Å². The van der Waals surface area contributed by atoms with Gasteiger partial charge in [0.25, 0.3) is 0 Å². The summed E-state index contributed by atoms with van der Waals surface area (Å²) in [5.74, 6) is 1.30. The maximum absolute atomic E-state index is 10.6. The molecule has 2 atom stereocenters. The first kappa shape index (κ1) is 12.2. The molecule has 1 aromatic rings. The van der Waals surface area contributed by atoms with Crippen LogP contribution in [0.3, 0.4) is 0 Å². The summed E-state index contributed by atoms with van der Waals surface area (Å²) >= 11 is 0. The Kier molecular flexibility index (Phi) is 3.84. The van der Waals surface area contributed by atoms with Crippen LogP contribution in [-0.4, -0.2) is 17.6 Å². The summed E-state index contributed by atoms with van der Waals surface area (Å²) < 4.78 is 5.17. The van der Waals surface area contributed by atoms with Crippen LogP contribution in [0.25, 0.3) is 0 Å². The Balaban J connectivity index is 1.72. The molecule has 0 aliphatic heterocycles. The third-order valence-corrected chi connectivity index (χ3v) is 3.41. The van der Waals surface area contributed by atoms with Crippen molar-refractivity contribution in [2.75, 3.05) is 6.54 Å². The van der Waals surface area contributed by atoms with Crippen LogP contribution >= 0.6 is 0 Å². The van der Waals surface area contributed by atoms with Crippen molar-refractivity contribution in [1.82, 2.24) is 5.32 Å². The van der Waals surface area contributed by atoms with Crippen molar-refractivity contribution in [3.63, 3.8) is 0 Å². The van der Waals surface area contributed by atoms with Gasteiger partial charge in [-0.1, -0.05) is 13.3 Å². The highest BCUT2D eigenvalue weighted by Crippen LogP contribution is 2.29. The zero-order valence-electron chi connectivity index (χ0n) is 10.1. The van der Waals surface area contributed by atoms with Crippen molar-refractivity contribution in [2.24, 2.45) is 11.8 Å². The molecule has 1 aromatic heterocycles. The van der Waals surface area contributed by atoms with E-state index in [9.17, 15) is 4.79 Å². The zero-order valence-corrected chi connectivity index (χ0v) is 10.1. The standard InChI is InChI=1S/C13H19NO3/c1-9-2-3-10(6-9)7-14-8-11-4-5-12(17-11)13(15)16/h4-5,9-10,14H,2-3,6-8H2,1H3,(H,15,16). The van der Waals surface area contributed by atoms with Gasteiger partial charge >= 0.3 is 5.97 Å². The molecule has 1 saturated carbocycles. The molecule has 0 spiro atoms. The first-order valence-electron chi connectivity index (χ1n) is 6.18. The SMILES string of the molecule is CC1CCC(CNCc2ccc(C(=O)O)o2)C1. The van der Waals surface area contributed by atoms with E-state index in [1.807, 2.05) is 0 Å². The number of aromatic carboxylic acids is 1. The maximum atomic E-state index is 10.6. The van der Waals surface area contributed by atoms with Gasteiger partial charge in [-0.2, -0.15) is 0 Å². The molecule has 0 radical (unpaired) electrons. The summed E-state index contributed by atoms with van der Waals surface area (Å²) in [6.45, 7) is 3.90. The van der Waals surface area contributed by atoms with Crippen LogP contribution in [0.2, 0.25) is 0 Å². The van der Waals surface area contributed by atoms with E-state index in [4.69, 9.17) is 9.52 Å². The van der Waals surface area contributed by atoms with Gasteiger partial charge in [0.05, 0.1) is 6.54 Å². The third-order valence-electron chi connectivity index (χ3n) is 3.41. The Morgan fingerprint density at radius 2 is 2.35 bits per heavy atom. The van der Waals surface area contributed by atoms with Gasteiger partial charge in [-0.3, -0.25) is 0 Å². The number of rotatable bonds is 5. The molecule has 0 aromatic carbocycles. The largest absolute Gasteiger partial charge is 0.475 e. The Bertz CT molecular complexity index is 386. The van der Waals surface area contributed by atoms with Crippen molar-refractivity contribution in [2.45, 2.75) is 32.7 Å². The molecule has 4 nitrogen and oxygen atoms in total. The second kappa shape index (κ2) is 5.36. The molecule has 1 aliphatic rings. The molecule has 0 saturated heterocycles. The summed E-state index contributed by atoms with van der Waals surface area (Å²) in [5, 5.41) is 12.0. The lowest BCUT2D eigenvalue weighted by atomic mass is 10.1. The van der Waals surface area contributed by atoms with E-state index in [2.05, 4.69) is 12.2 Å². The fraction of sp³-hybridized carbons (Fsp3) is 0.615. The van der Waals surface area contributed by atoms with Crippen LogP contribution in [0.1, 0.15) is 42.5 Å². The van der Waals surface area contributed by atoms with Crippen molar-refractivity contribution < 1.29 is 14.3 Å². The minimum absolute atomic E-state index is 0.0105. The minimum atomic E-state index is -1.01. The predicted molar refractivity (Wildman–Crippen MR) is 63.9 cm³/mol. The quantitative estimate of drug-likeness (QED) is 0.826. The van der Waals surface area contributed by atoms with E-state index in [-0.39, 0.29) is 5.76 Å². The molecule has 0 amide bonds. The molecule has 4 heteroatoms. The highest BCUT2D eigenvalue weighted by atomic mass is 16.4. The molecule has 1 heterocycles. The molecule has 2 N–H and O–H groups in total. The summed E-state index contributed by atoms with van der Waals surface area (Å²) in [7, 11) is 0. The second-order valence-corrected chi connectivity index (χ2v) is 4.99. The van der Waals surface area contributed by atoms with Crippen LogP contribution in [0.4, 0.5) is 0 Å². The fourth-order valence-electron chi connectivity index (χ4n) is 2.50. The molecule has 2 rings (SSSR count). The van der Waals surface area contributed by atoms with Gasteiger partial charge in [-0.25, -0.2) is 4.79 Å². The van der Waals surface area contributed by atoms with Crippen LogP contribution in [0.15, 0.2) is 16.5 Å². The number of carboxylic acid groups (broad SMARTS) is 1. The number of carboxylic acids is 1. The first-order chi connectivity index (χ1) is 8.15. The van der Waals surface area contributed by atoms with Crippen LogP contribution in [-0.2, 0) is 6.54 Å². The Hall–Kier alpha value is -1.29. The van der Waals surface area contributed by atoms with Gasteiger partial charge in [-0.15, -0.1) is 0 Å². The molecule has 1 aliphatic carbocycles. The average molecular weight is 237 g/mol. The van der Waals surface area contributed by atoms with Gasteiger partial charge < -0.3 is 14.8 Å². The monoisotopic (exact) mass is 237 g/mol. The first-order valence-corrected chi connectivity index (χ1v) is 6.18. The Morgan fingerprint density at radius 3 is 2.94 bits per heavy atom. The maximum Gasteiger partial charge on any atom is 0.371 e. The van der Waals surface area contributed by atoms with E-state index in [0.717, 1.165) is 18.4 Å². The summed E-state index contributed by atoms with van der Waals surface area (Å²) in [4.78, 5) is 10.6. The zero-order chi connectivity index (χ0) is 12.3. The molecular weight excluding hydrogens is 218 g/mol. The molecule has 2 unspecified atom stereocenters. The summed E-state index contributed by atoms with van der Waals surface area (Å²) in [5.41, 5.74) is 0. The van der Waals surface area contributed by atoms with Crippen molar-refractivity contribution in [3.8, 4) is 0 Å². The van der Waals surface area contributed by atoms with E-state index in [1.54, 1.807) is 6.07 Å². The summed E-state index contributed by atoms with van der Waals surface area (Å²) in [6, 6.07) is 3.21. The molecule has 94 valence electrons.